The Labute approximate surface area is 157 Å². The molecule has 0 saturated heterocycles. The molecule has 0 saturated carbocycles. The SMILES string of the molecule is COc1ccc(-c2cc(C(=O)NN=C(C)c3cccc(OC)c3)[nH]n2)cc1. The smallest absolute Gasteiger partial charge is 0.289 e. The maximum absolute atomic E-state index is 12.3. The molecule has 7 nitrogen and oxygen atoms in total. The first-order valence-electron chi connectivity index (χ1n) is 8.29. The molecule has 0 bridgehead atoms. The van der Waals surface area contributed by atoms with Crippen molar-refractivity contribution in [1.29, 1.82) is 0 Å². The second-order valence-corrected chi connectivity index (χ2v) is 5.77. The Bertz CT molecular complexity index is 961. The van der Waals surface area contributed by atoms with Crippen molar-refractivity contribution in [3.63, 3.8) is 0 Å². The molecule has 0 fully saturated rings. The summed E-state index contributed by atoms with van der Waals surface area (Å²) in [6.45, 7) is 1.81. The zero-order chi connectivity index (χ0) is 19.2. The number of benzene rings is 2. The Morgan fingerprint density at radius 2 is 1.78 bits per heavy atom. The van der Waals surface area contributed by atoms with Gasteiger partial charge in [-0.05, 0) is 49.4 Å². The summed E-state index contributed by atoms with van der Waals surface area (Å²) >= 11 is 0. The van der Waals surface area contributed by atoms with Gasteiger partial charge < -0.3 is 9.47 Å². The second kappa shape index (κ2) is 8.18. The Morgan fingerprint density at radius 1 is 1.04 bits per heavy atom. The molecule has 27 heavy (non-hydrogen) atoms. The van der Waals surface area contributed by atoms with Crippen LogP contribution in [-0.2, 0) is 0 Å². The number of methoxy groups -OCH3 is 2. The highest BCUT2D eigenvalue weighted by Crippen LogP contribution is 2.21. The average Bonchev–Trinajstić information content (AvgIpc) is 3.22. The summed E-state index contributed by atoms with van der Waals surface area (Å²) in [5.41, 5.74) is 5.92. The number of carbonyl (C=O) groups is 1. The lowest BCUT2D eigenvalue weighted by Crippen LogP contribution is -2.19. The zero-order valence-electron chi connectivity index (χ0n) is 15.3. The summed E-state index contributed by atoms with van der Waals surface area (Å²) in [4.78, 5) is 12.3. The molecule has 1 aromatic heterocycles. The van der Waals surface area contributed by atoms with E-state index in [1.165, 1.54) is 0 Å². The van der Waals surface area contributed by atoms with Crippen LogP contribution in [-0.4, -0.2) is 36.0 Å². The number of amides is 1. The van der Waals surface area contributed by atoms with E-state index in [1.54, 1.807) is 20.3 Å². The van der Waals surface area contributed by atoms with E-state index >= 15 is 0 Å². The molecule has 0 aliphatic rings. The van der Waals surface area contributed by atoms with Crippen molar-refractivity contribution < 1.29 is 14.3 Å². The third kappa shape index (κ3) is 4.33. The maximum Gasteiger partial charge on any atom is 0.289 e. The van der Waals surface area contributed by atoms with Gasteiger partial charge in [-0.25, -0.2) is 5.43 Å². The lowest BCUT2D eigenvalue weighted by Gasteiger charge is -2.04. The lowest BCUT2D eigenvalue weighted by atomic mass is 10.1. The van der Waals surface area contributed by atoms with E-state index in [0.717, 1.165) is 22.6 Å². The molecule has 1 amide bonds. The number of aromatic nitrogens is 2. The van der Waals surface area contributed by atoms with Crippen LogP contribution < -0.4 is 14.9 Å². The van der Waals surface area contributed by atoms with Crippen LogP contribution in [0.15, 0.2) is 59.7 Å². The summed E-state index contributed by atoms with van der Waals surface area (Å²) in [5.74, 6) is 1.12. The zero-order valence-corrected chi connectivity index (χ0v) is 15.3. The normalized spacial score (nSPS) is 11.1. The summed E-state index contributed by atoms with van der Waals surface area (Å²) in [5, 5.41) is 11.1. The van der Waals surface area contributed by atoms with Gasteiger partial charge in [-0.1, -0.05) is 12.1 Å². The van der Waals surface area contributed by atoms with Gasteiger partial charge >= 0.3 is 0 Å². The molecule has 3 aromatic rings. The summed E-state index contributed by atoms with van der Waals surface area (Å²) in [7, 11) is 3.21. The van der Waals surface area contributed by atoms with E-state index in [9.17, 15) is 4.79 Å². The van der Waals surface area contributed by atoms with Crippen molar-refractivity contribution in [3.05, 3.63) is 65.9 Å². The molecule has 2 N–H and O–H groups in total. The van der Waals surface area contributed by atoms with Crippen molar-refractivity contribution in [2.75, 3.05) is 14.2 Å². The van der Waals surface area contributed by atoms with Gasteiger partial charge in [-0.2, -0.15) is 10.2 Å². The van der Waals surface area contributed by atoms with Gasteiger partial charge in [-0.3, -0.25) is 9.89 Å². The molecule has 138 valence electrons. The van der Waals surface area contributed by atoms with Crippen LogP contribution in [0.4, 0.5) is 0 Å². The molecule has 1 heterocycles. The number of hydrogen-bond acceptors (Lipinski definition) is 5. The number of H-pyrrole nitrogens is 1. The quantitative estimate of drug-likeness (QED) is 0.519. The van der Waals surface area contributed by atoms with Gasteiger partial charge in [0.1, 0.15) is 17.2 Å². The number of nitrogens with one attached hydrogen (secondary N) is 2. The van der Waals surface area contributed by atoms with Crippen LogP contribution >= 0.6 is 0 Å². The van der Waals surface area contributed by atoms with Crippen molar-refractivity contribution in [3.8, 4) is 22.8 Å². The lowest BCUT2D eigenvalue weighted by molar-refractivity contribution is 0.0950. The van der Waals surface area contributed by atoms with E-state index in [0.29, 0.717) is 17.1 Å². The predicted octanol–water partition coefficient (Wildman–Crippen LogP) is 3.25. The van der Waals surface area contributed by atoms with Crippen molar-refractivity contribution in [1.82, 2.24) is 15.6 Å². The highest BCUT2D eigenvalue weighted by Gasteiger charge is 2.11. The van der Waals surface area contributed by atoms with Crippen LogP contribution in [0, 0.1) is 0 Å². The predicted molar refractivity (Wildman–Crippen MR) is 103 cm³/mol. The fourth-order valence-corrected chi connectivity index (χ4v) is 2.46. The molecule has 0 unspecified atom stereocenters. The van der Waals surface area contributed by atoms with E-state index in [1.807, 2.05) is 55.5 Å². The van der Waals surface area contributed by atoms with E-state index in [-0.39, 0.29) is 5.91 Å². The summed E-state index contributed by atoms with van der Waals surface area (Å²) in [6, 6.07) is 16.6. The average molecular weight is 364 g/mol. The van der Waals surface area contributed by atoms with E-state index in [2.05, 4.69) is 20.7 Å². The van der Waals surface area contributed by atoms with Gasteiger partial charge in [0.25, 0.3) is 5.91 Å². The summed E-state index contributed by atoms with van der Waals surface area (Å²) < 4.78 is 10.3. The van der Waals surface area contributed by atoms with Gasteiger partial charge in [0.05, 0.1) is 25.6 Å². The molecule has 7 heteroatoms. The molecule has 0 aliphatic heterocycles. The number of rotatable bonds is 6. The molecular formula is C20H20N4O3. The molecule has 2 aromatic carbocycles. The van der Waals surface area contributed by atoms with Gasteiger partial charge in [0.15, 0.2) is 0 Å². The maximum atomic E-state index is 12.3. The first-order valence-corrected chi connectivity index (χ1v) is 8.29. The standard InChI is InChI=1S/C20H20N4O3/c1-13(15-5-4-6-17(11-15)27-3)21-24-20(25)19-12-18(22-23-19)14-7-9-16(26-2)10-8-14/h4-12H,1-3H3,(H,22,23)(H,24,25). The Balaban J connectivity index is 1.70. The highest BCUT2D eigenvalue weighted by molar-refractivity contribution is 6.00. The van der Waals surface area contributed by atoms with Crippen LogP contribution in [0.2, 0.25) is 0 Å². The van der Waals surface area contributed by atoms with Crippen molar-refractivity contribution in [2.45, 2.75) is 6.92 Å². The Hall–Kier alpha value is -3.61. The van der Waals surface area contributed by atoms with Crippen LogP contribution in [0.25, 0.3) is 11.3 Å². The third-order valence-electron chi connectivity index (χ3n) is 4.02. The van der Waals surface area contributed by atoms with Gasteiger partial charge in [0, 0.05) is 11.1 Å². The molecule has 3 rings (SSSR count). The number of hydrazone groups is 1. The van der Waals surface area contributed by atoms with Crippen molar-refractivity contribution >= 4 is 11.6 Å². The fraction of sp³-hybridized carbons (Fsp3) is 0.150. The first kappa shape index (κ1) is 18.2. The number of ether oxygens (including phenoxy) is 2. The highest BCUT2D eigenvalue weighted by atomic mass is 16.5. The van der Waals surface area contributed by atoms with Crippen LogP contribution in [0.1, 0.15) is 23.0 Å². The Morgan fingerprint density at radius 3 is 2.48 bits per heavy atom. The fourth-order valence-electron chi connectivity index (χ4n) is 2.46. The topological polar surface area (TPSA) is 88.6 Å². The number of nitrogens with zero attached hydrogens (tertiary/aromatic N) is 2. The van der Waals surface area contributed by atoms with Crippen LogP contribution in [0.3, 0.4) is 0 Å². The molecule has 0 radical (unpaired) electrons. The monoisotopic (exact) mass is 364 g/mol. The number of aromatic amines is 1. The van der Waals surface area contributed by atoms with Crippen molar-refractivity contribution in [2.24, 2.45) is 5.10 Å². The summed E-state index contributed by atoms with van der Waals surface area (Å²) in [6.07, 6.45) is 0. The van der Waals surface area contributed by atoms with E-state index < -0.39 is 0 Å². The minimum atomic E-state index is -0.371. The Kier molecular flexibility index (Phi) is 5.51. The van der Waals surface area contributed by atoms with Crippen LogP contribution in [0.5, 0.6) is 11.5 Å². The van der Waals surface area contributed by atoms with E-state index in [4.69, 9.17) is 9.47 Å². The molecule has 0 atom stereocenters. The third-order valence-corrected chi connectivity index (χ3v) is 4.02. The van der Waals surface area contributed by atoms with Gasteiger partial charge in [-0.15, -0.1) is 0 Å². The number of hydrogen-bond donors (Lipinski definition) is 2. The molecular weight excluding hydrogens is 344 g/mol. The number of carbonyl (C=O) groups excluding carboxylic acids is 1. The van der Waals surface area contributed by atoms with Gasteiger partial charge in [0.2, 0.25) is 0 Å². The molecule has 0 spiro atoms. The largest absolute Gasteiger partial charge is 0.497 e. The minimum Gasteiger partial charge on any atom is -0.497 e. The minimum absolute atomic E-state index is 0.322. The molecule has 0 aliphatic carbocycles. The first-order chi connectivity index (χ1) is 13.1. The second-order valence-electron chi connectivity index (χ2n) is 5.77.